The molecular formula is C6H15PTi. The molecule has 0 aliphatic rings. The van der Waals surface area contributed by atoms with Gasteiger partial charge in [-0.2, -0.15) is 0 Å². The molecular weight excluding hydrogens is 151 g/mol. The molecule has 0 rings (SSSR count). The molecule has 0 saturated carbocycles. The van der Waals surface area contributed by atoms with Gasteiger partial charge >= 0.3 is 0 Å². The predicted molar refractivity (Wildman–Crippen MR) is 38.6 cm³/mol. The van der Waals surface area contributed by atoms with Crippen molar-refractivity contribution in [1.29, 1.82) is 0 Å². The molecule has 1 unspecified atom stereocenters. The molecule has 0 saturated heterocycles. The Hall–Kier alpha value is 1.14. The van der Waals surface area contributed by atoms with Crippen LogP contribution in [0.5, 0.6) is 0 Å². The second kappa shape index (κ2) is 4.04. The molecule has 48 valence electrons. The van der Waals surface area contributed by atoms with E-state index in [1.54, 1.807) is 0 Å². The summed E-state index contributed by atoms with van der Waals surface area (Å²) >= 11 is 0. The third-order valence-corrected chi connectivity index (χ3v) is 2.15. The van der Waals surface area contributed by atoms with Crippen LogP contribution in [0, 0.1) is 5.92 Å². The van der Waals surface area contributed by atoms with Gasteiger partial charge in [0.15, 0.2) is 0 Å². The van der Waals surface area contributed by atoms with Crippen LogP contribution in [-0.4, -0.2) is 5.16 Å². The minimum atomic E-state index is 0. The van der Waals surface area contributed by atoms with Crippen LogP contribution in [0.15, 0.2) is 0 Å². The van der Waals surface area contributed by atoms with Gasteiger partial charge in [0.1, 0.15) is 0 Å². The van der Waals surface area contributed by atoms with Gasteiger partial charge in [-0.15, -0.1) is 9.24 Å². The quantitative estimate of drug-likeness (QED) is 0.414. The summed E-state index contributed by atoms with van der Waals surface area (Å²) in [5, 5.41) is 0.417. The fraction of sp³-hybridized carbons (Fsp3) is 1.00. The van der Waals surface area contributed by atoms with E-state index >= 15 is 0 Å². The molecule has 0 aromatic carbocycles. The van der Waals surface area contributed by atoms with Gasteiger partial charge in [0.05, 0.1) is 0 Å². The Morgan fingerprint density at radius 2 is 1.38 bits per heavy atom. The largest absolute Gasteiger partial charge is 0.131 e. The van der Waals surface area contributed by atoms with E-state index in [2.05, 4.69) is 36.9 Å². The third-order valence-electron chi connectivity index (χ3n) is 1.49. The molecule has 0 nitrogen and oxygen atoms in total. The Bertz CT molecular complexity index is 54.0. The van der Waals surface area contributed by atoms with Crippen molar-refractivity contribution in [1.82, 2.24) is 0 Å². The van der Waals surface area contributed by atoms with Crippen LogP contribution < -0.4 is 0 Å². The minimum absolute atomic E-state index is 0. The Kier molecular flexibility index (Phi) is 6.00. The van der Waals surface area contributed by atoms with E-state index in [-0.39, 0.29) is 21.7 Å². The van der Waals surface area contributed by atoms with E-state index in [1.807, 2.05) is 0 Å². The molecule has 0 aliphatic carbocycles. The van der Waals surface area contributed by atoms with Gasteiger partial charge in [-0.1, -0.05) is 27.7 Å². The Morgan fingerprint density at radius 1 is 1.25 bits per heavy atom. The van der Waals surface area contributed by atoms with Gasteiger partial charge in [-0.25, -0.2) is 0 Å². The van der Waals surface area contributed by atoms with E-state index in [1.165, 1.54) is 0 Å². The van der Waals surface area contributed by atoms with Crippen LogP contribution in [0.3, 0.4) is 0 Å². The molecule has 0 aromatic rings. The second-order valence-electron chi connectivity index (χ2n) is 2.98. The van der Waals surface area contributed by atoms with Crippen molar-refractivity contribution >= 4 is 9.24 Å². The summed E-state index contributed by atoms with van der Waals surface area (Å²) in [6.45, 7) is 8.91. The first-order valence-corrected chi connectivity index (χ1v) is 3.31. The SMILES string of the molecule is CC(C)C(C)(C)P.[Ti]. The minimum Gasteiger partial charge on any atom is -0.131 e. The molecule has 0 heterocycles. The Morgan fingerprint density at radius 3 is 1.38 bits per heavy atom. The summed E-state index contributed by atoms with van der Waals surface area (Å²) in [5.41, 5.74) is 0. The zero-order chi connectivity index (χ0) is 6.08. The summed E-state index contributed by atoms with van der Waals surface area (Å²) in [5.74, 6) is 0.762. The van der Waals surface area contributed by atoms with Crippen molar-refractivity contribution < 1.29 is 21.7 Å². The maximum absolute atomic E-state index is 2.83. The maximum Gasteiger partial charge on any atom is 0 e. The zero-order valence-corrected chi connectivity index (χ0v) is 8.87. The van der Waals surface area contributed by atoms with Gasteiger partial charge in [-0.3, -0.25) is 0 Å². The molecule has 0 aromatic heterocycles. The summed E-state index contributed by atoms with van der Waals surface area (Å²) < 4.78 is 0. The van der Waals surface area contributed by atoms with Crippen molar-refractivity contribution in [2.75, 3.05) is 0 Å². The molecule has 0 fully saturated rings. The normalized spacial score (nSPS) is 11.2. The molecule has 0 radical (unpaired) electrons. The molecule has 0 amide bonds. The van der Waals surface area contributed by atoms with Crippen molar-refractivity contribution in [2.45, 2.75) is 32.9 Å². The standard InChI is InChI=1S/C6H15P.Ti/c1-5(2)6(3,4)7;/h5H,7H2,1-4H3;. The molecule has 0 N–H and O–H groups in total. The second-order valence-corrected chi connectivity index (χ2v) is 4.46. The molecule has 0 aliphatic heterocycles. The van der Waals surface area contributed by atoms with Gasteiger partial charge < -0.3 is 0 Å². The van der Waals surface area contributed by atoms with Crippen molar-refractivity contribution in [2.24, 2.45) is 5.92 Å². The van der Waals surface area contributed by atoms with Crippen LogP contribution in [0.2, 0.25) is 0 Å². The van der Waals surface area contributed by atoms with Crippen LogP contribution in [-0.2, 0) is 21.7 Å². The summed E-state index contributed by atoms with van der Waals surface area (Å²) in [6.07, 6.45) is 0. The monoisotopic (exact) mass is 166 g/mol. The average Bonchev–Trinajstić information content (AvgIpc) is 1.31. The van der Waals surface area contributed by atoms with Crippen molar-refractivity contribution in [3.05, 3.63) is 0 Å². The van der Waals surface area contributed by atoms with Crippen molar-refractivity contribution in [3.8, 4) is 0 Å². The first kappa shape index (κ1) is 11.9. The summed E-state index contributed by atoms with van der Waals surface area (Å²) in [7, 11) is 2.83. The fourth-order valence-corrected chi connectivity index (χ4v) is 0. The molecule has 8 heavy (non-hydrogen) atoms. The molecule has 1 atom stereocenters. The van der Waals surface area contributed by atoms with Crippen molar-refractivity contribution in [3.63, 3.8) is 0 Å². The number of hydrogen-bond donors (Lipinski definition) is 0. The Balaban J connectivity index is 0. The van der Waals surface area contributed by atoms with E-state index in [4.69, 9.17) is 0 Å². The van der Waals surface area contributed by atoms with Gasteiger partial charge in [0, 0.05) is 21.7 Å². The van der Waals surface area contributed by atoms with Crippen LogP contribution in [0.25, 0.3) is 0 Å². The van der Waals surface area contributed by atoms with E-state index in [9.17, 15) is 0 Å². The van der Waals surface area contributed by atoms with Crippen LogP contribution in [0.4, 0.5) is 0 Å². The van der Waals surface area contributed by atoms with Crippen LogP contribution >= 0.6 is 9.24 Å². The topological polar surface area (TPSA) is 0 Å². The number of rotatable bonds is 1. The summed E-state index contributed by atoms with van der Waals surface area (Å²) in [4.78, 5) is 0. The van der Waals surface area contributed by atoms with Crippen LogP contribution in [0.1, 0.15) is 27.7 Å². The smallest absolute Gasteiger partial charge is 0 e. The third kappa shape index (κ3) is 5.28. The predicted octanol–water partition coefficient (Wildman–Crippen LogP) is 2.29. The van der Waals surface area contributed by atoms with Gasteiger partial charge in [-0.05, 0) is 11.1 Å². The molecule has 2 heteroatoms. The summed E-state index contributed by atoms with van der Waals surface area (Å²) in [6, 6.07) is 0. The maximum atomic E-state index is 2.83. The number of hydrogen-bond acceptors (Lipinski definition) is 0. The van der Waals surface area contributed by atoms with E-state index in [0.717, 1.165) is 5.92 Å². The van der Waals surface area contributed by atoms with E-state index in [0.29, 0.717) is 5.16 Å². The first-order valence-electron chi connectivity index (χ1n) is 2.73. The van der Waals surface area contributed by atoms with Gasteiger partial charge in [0.2, 0.25) is 0 Å². The zero-order valence-electron chi connectivity index (χ0n) is 6.15. The fourth-order valence-electron chi connectivity index (χ4n) is 0. The molecule has 0 spiro atoms. The molecule has 0 bridgehead atoms. The van der Waals surface area contributed by atoms with E-state index < -0.39 is 0 Å². The average molecular weight is 166 g/mol. The Labute approximate surface area is 69.9 Å². The first-order chi connectivity index (χ1) is 2.94. The van der Waals surface area contributed by atoms with Gasteiger partial charge in [0.25, 0.3) is 0 Å².